The molecule has 5 nitrogen and oxygen atoms in total. The minimum atomic E-state index is -3.63. The van der Waals surface area contributed by atoms with Crippen molar-refractivity contribution in [1.82, 2.24) is 0 Å². The molecule has 1 rings (SSSR count). The maximum atomic E-state index is 11.5. The summed E-state index contributed by atoms with van der Waals surface area (Å²) in [6, 6.07) is 7.90. The van der Waals surface area contributed by atoms with Crippen molar-refractivity contribution < 1.29 is 8.42 Å². The van der Waals surface area contributed by atoms with Gasteiger partial charge >= 0.3 is 0 Å². The minimum absolute atomic E-state index is 0.395. The van der Waals surface area contributed by atoms with E-state index in [-0.39, 0.29) is 0 Å². The van der Waals surface area contributed by atoms with Crippen LogP contribution in [0.15, 0.2) is 24.3 Å². The van der Waals surface area contributed by atoms with Crippen LogP contribution in [0, 0.1) is 11.3 Å². The Bertz CT molecular complexity index is 473. The second kappa shape index (κ2) is 4.19. The molecule has 0 spiro atoms. The van der Waals surface area contributed by atoms with Crippen molar-refractivity contribution in [3.8, 4) is 6.07 Å². The van der Waals surface area contributed by atoms with Crippen LogP contribution in [0.2, 0.25) is 0 Å². The molecule has 0 aliphatic carbocycles. The monoisotopic (exact) mass is 225 g/mol. The molecule has 0 amide bonds. The average Bonchev–Trinajstić information content (AvgIpc) is 2.20. The van der Waals surface area contributed by atoms with E-state index in [1.807, 2.05) is 0 Å². The summed E-state index contributed by atoms with van der Waals surface area (Å²) in [5, 5.41) is 7.42. The molecule has 0 bridgehead atoms. The third-order valence-electron chi connectivity index (χ3n) is 1.82. The highest BCUT2D eigenvalue weighted by atomic mass is 32.2. The van der Waals surface area contributed by atoms with Gasteiger partial charge in [0, 0.05) is 11.4 Å². The number of benzene rings is 1. The predicted octanol–water partition coefficient (Wildman–Crippen LogP) is 0.923. The van der Waals surface area contributed by atoms with Crippen molar-refractivity contribution >= 4 is 21.4 Å². The molecule has 0 saturated heterocycles. The lowest BCUT2D eigenvalue weighted by atomic mass is 10.3. The van der Waals surface area contributed by atoms with Crippen LogP contribution in [0.4, 0.5) is 11.4 Å². The summed E-state index contributed by atoms with van der Waals surface area (Å²) in [6.45, 7) is 1.32. The molecule has 1 aromatic carbocycles. The van der Waals surface area contributed by atoms with Gasteiger partial charge in [0.2, 0.25) is 10.0 Å². The Morgan fingerprint density at radius 2 is 1.93 bits per heavy atom. The van der Waals surface area contributed by atoms with Crippen LogP contribution >= 0.6 is 0 Å². The number of hydrogen-bond acceptors (Lipinski definition) is 4. The lowest BCUT2D eigenvalue weighted by molar-refractivity contribution is 0.597. The Labute approximate surface area is 88.6 Å². The summed E-state index contributed by atoms with van der Waals surface area (Å²) >= 11 is 0. The zero-order valence-electron chi connectivity index (χ0n) is 8.14. The third-order valence-corrected chi connectivity index (χ3v) is 3.37. The molecule has 1 unspecified atom stereocenters. The molecule has 15 heavy (non-hydrogen) atoms. The van der Waals surface area contributed by atoms with E-state index in [1.165, 1.54) is 19.1 Å². The summed E-state index contributed by atoms with van der Waals surface area (Å²) in [4.78, 5) is 0. The standard InChI is InChI=1S/C9H11N3O2S/c1-7(6-10)15(13,14)12-9-4-2-8(11)3-5-9/h2-5,7,12H,11H2,1H3. The summed E-state index contributed by atoms with van der Waals surface area (Å²) < 4.78 is 25.2. The quantitative estimate of drug-likeness (QED) is 0.748. The number of rotatable bonds is 3. The van der Waals surface area contributed by atoms with E-state index in [0.29, 0.717) is 11.4 Å². The van der Waals surface area contributed by atoms with Gasteiger partial charge in [-0.2, -0.15) is 5.26 Å². The van der Waals surface area contributed by atoms with Gasteiger partial charge in [0.1, 0.15) is 0 Å². The number of nitrogens with one attached hydrogen (secondary N) is 1. The van der Waals surface area contributed by atoms with Crippen LogP contribution in [-0.2, 0) is 10.0 Å². The van der Waals surface area contributed by atoms with Crippen molar-refractivity contribution in [2.24, 2.45) is 0 Å². The van der Waals surface area contributed by atoms with Crippen molar-refractivity contribution in [2.75, 3.05) is 10.5 Å². The summed E-state index contributed by atoms with van der Waals surface area (Å²) in [7, 11) is -3.63. The highest BCUT2D eigenvalue weighted by molar-refractivity contribution is 7.93. The number of nitriles is 1. The number of nitrogens with two attached hydrogens (primary N) is 1. The third kappa shape index (κ3) is 2.86. The van der Waals surface area contributed by atoms with Gasteiger partial charge in [-0.05, 0) is 31.2 Å². The average molecular weight is 225 g/mol. The minimum Gasteiger partial charge on any atom is -0.399 e. The lowest BCUT2D eigenvalue weighted by Crippen LogP contribution is -2.23. The predicted molar refractivity (Wildman–Crippen MR) is 58.5 cm³/mol. The van der Waals surface area contributed by atoms with Gasteiger partial charge in [-0.1, -0.05) is 0 Å². The van der Waals surface area contributed by atoms with Crippen molar-refractivity contribution in [1.29, 1.82) is 5.26 Å². The number of hydrogen-bond donors (Lipinski definition) is 2. The van der Waals surface area contributed by atoms with Crippen molar-refractivity contribution in [3.63, 3.8) is 0 Å². The van der Waals surface area contributed by atoms with Gasteiger partial charge in [0.05, 0.1) is 6.07 Å². The van der Waals surface area contributed by atoms with Gasteiger partial charge in [-0.15, -0.1) is 0 Å². The van der Waals surface area contributed by atoms with Crippen LogP contribution in [-0.4, -0.2) is 13.7 Å². The van der Waals surface area contributed by atoms with Crippen LogP contribution in [0.1, 0.15) is 6.92 Å². The van der Waals surface area contributed by atoms with E-state index in [9.17, 15) is 8.42 Å². The Hall–Kier alpha value is -1.74. The molecular weight excluding hydrogens is 214 g/mol. The molecule has 0 aliphatic heterocycles. The summed E-state index contributed by atoms with van der Waals surface area (Å²) in [6.07, 6.45) is 0. The van der Waals surface area contributed by atoms with E-state index >= 15 is 0 Å². The first-order valence-electron chi connectivity index (χ1n) is 4.22. The number of nitrogens with zero attached hydrogens (tertiary/aromatic N) is 1. The first-order valence-corrected chi connectivity index (χ1v) is 5.77. The molecule has 1 aromatic rings. The number of nitrogen functional groups attached to an aromatic ring is 1. The highest BCUT2D eigenvalue weighted by Crippen LogP contribution is 2.13. The molecule has 0 aliphatic rings. The SMILES string of the molecule is CC(C#N)S(=O)(=O)Nc1ccc(N)cc1. The Balaban J connectivity index is 2.88. The molecular formula is C9H11N3O2S. The first kappa shape index (κ1) is 11.3. The molecule has 0 heterocycles. The van der Waals surface area contributed by atoms with Crippen molar-refractivity contribution in [3.05, 3.63) is 24.3 Å². The molecule has 6 heteroatoms. The first-order chi connectivity index (χ1) is 6.95. The van der Waals surface area contributed by atoms with Crippen LogP contribution < -0.4 is 10.5 Å². The zero-order valence-corrected chi connectivity index (χ0v) is 8.95. The zero-order chi connectivity index (χ0) is 11.5. The van der Waals surface area contributed by atoms with E-state index in [1.54, 1.807) is 18.2 Å². The van der Waals surface area contributed by atoms with Crippen LogP contribution in [0.5, 0.6) is 0 Å². The van der Waals surface area contributed by atoms with Crippen LogP contribution in [0.25, 0.3) is 0 Å². The van der Waals surface area contributed by atoms with Crippen LogP contribution in [0.3, 0.4) is 0 Å². The number of sulfonamides is 1. The van der Waals surface area contributed by atoms with Gasteiger partial charge in [-0.25, -0.2) is 8.42 Å². The second-order valence-electron chi connectivity index (χ2n) is 3.04. The van der Waals surface area contributed by atoms with Gasteiger partial charge in [0.15, 0.2) is 5.25 Å². The van der Waals surface area contributed by atoms with Gasteiger partial charge < -0.3 is 5.73 Å². The Morgan fingerprint density at radius 1 is 1.40 bits per heavy atom. The van der Waals surface area contributed by atoms with Gasteiger partial charge in [-0.3, -0.25) is 4.72 Å². The fourth-order valence-corrected chi connectivity index (χ4v) is 1.65. The molecule has 0 fully saturated rings. The molecule has 3 N–H and O–H groups in total. The fourth-order valence-electron chi connectivity index (χ4n) is 0.873. The normalized spacial score (nSPS) is 12.8. The molecule has 80 valence electrons. The van der Waals surface area contributed by atoms with Gasteiger partial charge in [0.25, 0.3) is 0 Å². The number of anilines is 2. The topological polar surface area (TPSA) is 96.0 Å². The van der Waals surface area contributed by atoms with Crippen molar-refractivity contribution in [2.45, 2.75) is 12.2 Å². The fraction of sp³-hybridized carbons (Fsp3) is 0.222. The lowest BCUT2D eigenvalue weighted by Gasteiger charge is -2.08. The molecule has 0 radical (unpaired) electrons. The van der Waals surface area contributed by atoms with E-state index < -0.39 is 15.3 Å². The summed E-state index contributed by atoms with van der Waals surface area (Å²) in [5.41, 5.74) is 6.39. The largest absolute Gasteiger partial charge is 0.399 e. The maximum Gasteiger partial charge on any atom is 0.248 e. The highest BCUT2D eigenvalue weighted by Gasteiger charge is 2.19. The Morgan fingerprint density at radius 3 is 2.40 bits per heavy atom. The smallest absolute Gasteiger partial charge is 0.248 e. The molecule has 0 aromatic heterocycles. The summed E-state index contributed by atoms with van der Waals surface area (Å²) in [5.74, 6) is 0. The Kier molecular flexibility index (Phi) is 3.17. The van der Waals surface area contributed by atoms with E-state index in [2.05, 4.69) is 4.72 Å². The molecule has 1 atom stereocenters. The maximum absolute atomic E-state index is 11.5. The molecule has 0 saturated carbocycles. The second-order valence-corrected chi connectivity index (χ2v) is 5.04. The van der Waals surface area contributed by atoms with E-state index in [4.69, 9.17) is 11.0 Å². The van der Waals surface area contributed by atoms with E-state index in [0.717, 1.165) is 0 Å².